The first kappa shape index (κ1) is 7.47. The fourth-order valence-electron chi connectivity index (χ4n) is 0.285. The molecule has 46 valence electrons. The minimum absolute atomic E-state index is 0.292. The van der Waals surface area contributed by atoms with Gasteiger partial charge in [-0.1, -0.05) is 6.92 Å². The van der Waals surface area contributed by atoms with Gasteiger partial charge in [0.05, 0.1) is 13.0 Å². The van der Waals surface area contributed by atoms with Crippen LogP contribution in [0.5, 0.6) is 0 Å². The van der Waals surface area contributed by atoms with Crippen molar-refractivity contribution in [3.63, 3.8) is 0 Å². The number of rotatable bonds is 2. The first-order valence-corrected chi connectivity index (χ1v) is 2.42. The van der Waals surface area contributed by atoms with Crippen LogP contribution in [0.2, 0.25) is 0 Å². The number of carbonyl (C=O) groups is 1. The quantitative estimate of drug-likeness (QED) is 0.497. The lowest BCUT2D eigenvalue weighted by Gasteiger charge is -2.02. The van der Waals surface area contributed by atoms with Gasteiger partial charge in [0.2, 0.25) is 0 Å². The third kappa shape index (κ3) is 1.96. The van der Waals surface area contributed by atoms with E-state index in [2.05, 4.69) is 18.6 Å². The van der Waals surface area contributed by atoms with E-state index in [0.29, 0.717) is 6.42 Å². The maximum absolute atomic E-state index is 10.4. The largest absolute Gasteiger partial charge is 0.469 e. The molecule has 0 saturated carbocycles. The van der Waals surface area contributed by atoms with E-state index >= 15 is 0 Å². The summed E-state index contributed by atoms with van der Waals surface area (Å²) in [7, 11) is 1.34. The zero-order valence-electron chi connectivity index (χ0n) is 5.02. The molecule has 0 aromatic heterocycles. The molecular formula is C6H10O2. The highest BCUT2D eigenvalue weighted by Crippen LogP contribution is 1.99. The molecule has 2 heteroatoms. The van der Waals surface area contributed by atoms with Crippen LogP contribution in [0.4, 0.5) is 0 Å². The first-order chi connectivity index (χ1) is 3.72. The molecule has 0 aromatic carbocycles. The minimum atomic E-state index is -0.306. The summed E-state index contributed by atoms with van der Waals surface area (Å²) in [6, 6.07) is 0. The predicted octanol–water partition coefficient (Wildman–Crippen LogP) is 0.834. The fourth-order valence-corrected chi connectivity index (χ4v) is 0.285. The third-order valence-electron chi connectivity index (χ3n) is 0.883. The smallest absolute Gasteiger partial charge is 0.308 e. The number of esters is 1. The summed E-state index contributed by atoms with van der Waals surface area (Å²) in [6.45, 7) is 6.98. The number of ether oxygens (including phenoxy) is 1. The Bertz CT molecular complexity index is 78.6. The number of hydrogen-bond acceptors (Lipinski definition) is 2. The number of carbonyl (C=O) groups excluding carboxylic acids is 1. The SMILES string of the molecule is [CH2]CC([CH2])C(=O)OC. The summed E-state index contributed by atoms with van der Waals surface area (Å²) >= 11 is 0. The second-order valence-corrected chi connectivity index (χ2v) is 1.51. The Morgan fingerprint density at radius 3 is 2.50 bits per heavy atom. The second kappa shape index (κ2) is 3.47. The van der Waals surface area contributed by atoms with E-state index in [1.807, 2.05) is 0 Å². The predicted molar refractivity (Wildman–Crippen MR) is 30.8 cm³/mol. The highest BCUT2D eigenvalue weighted by molar-refractivity contribution is 5.72. The van der Waals surface area contributed by atoms with Crippen LogP contribution in [0.3, 0.4) is 0 Å². The number of methoxy groups -OCH3 is 1. The van der Waals surface area contributed by atoms with Crippen molar-refractivity contribution in [1.29, 1.82) is 0 Å². The average Bonchev–Trinajstić information content (AvgIpc) is 1.84. The molecule has 0 aliphatic rings. The van der Waals surface area contributed by atoms with E-state index in [1.54, 1.807) is 0 Å². The van der Waals surface area contributed by atoms with Gasteiger partial charge in [-0.15, -0.1) is 0 Å². The molecule has 0 rings (SSSR count). The highest BCUT2D eigenvalue weighted by Gasteiger charge is 2.08. The Kier molecular flexibility index (Phi) is 3.24. The molecule has 0 aromatic rings. The molecule has 0 heterocycles. The van der Waals surface area contributed by atoms with Gasteiger partial charge in [0.15, 0.2) is 0 Å². The molecular weight excluding hydrogens is 104 g/mol. The Hall–Kier alpha value is -0.530. The van der Waals surface area contributed by atoms with Crippen LogP contribution in [0.1, 0.15) is 6.42 Å². The van der Waals surface area contributed by atoms with Gasteiger partial charge in [-0.25, -0.2) is 0 Å². The van der Waals surface area contributed by atoms with Gasteiger partial charge < -0.3 is 4.74 Å². The molecule has 0 spiro atoms. The van der Waals surface area contributed by atoms with Gasteiger partial charge in [-0.3, -0.25) is 4.79 Å². The van der Waals surface area contributed by atoms with Crippen molar-refractivity contribution in [2.24, 2.45) is 5.92 Å². The molecule has 0 saturated heterocycles. The molecule has 0 fully saturated rings. The van der Waals surface area contributed by atoms with E-state index in [-0.39, 0.29) is 11.9 Å². The summed E-state index contributed by atoms with van der Waals surface area (Å²) < 4.78 is 4.36. The lowest BCUT2D eigenvalue weighted by molar-refractivity contribution is -0.143. The van der Waals surface area contributed by atoms with Crippen LogP contribution in [0.25, 0.3) is 0 Å². The van der Waals surface area contributed by atoms with Crippen LogP contribution in [-0.4, -0.2) is 13.1 Å². The summed E-state index contributed by atoms with van der Waals surface area (Å²) in [6.07, 6.45) is 0.493. The van der Waals surface area contributed by atoms with Crippen LogP contribution in [0.15, 0.2) is 0 Å². The monoisotopic (exact) mass is 114 g/mol. The molecule has 0 aliphatic carbocycles. The van der Waals surface area contributed by atoms with Gasteiger partial charge in [-0.05, 0) is 13.3 Å². The summed E-state index contributed by atoms with van der Waals surface area (Å²) in [5, 5.41) is 0. The Morgan fingerprint density at radius 2 is 2.38 bits per heavy atom. The first-order valence-electron chi connectivity index (χ1n) is 2.42. The molecule has 0 aliphatic heterocycles. The van der Waals surface area contributed by atoms with Crippen molar-refractivity contribution in [2.75, 3.05) is 7.11 Å². The zero-order chi connectivity index (χ0) is 6.57. The Morgan fingerprint density at radius 1 is 1.88 bits per heavy atom. The van der Waals surface area contributed by atoms with Crippen LogP contribution in [0, 0.1) is 19.8 Å². The normalized spacial score (nSPS) is 12.9. The summed E-state index contributed by atoms with van der Waals surface area (Å²) in [4.78, 5) is 10.4. The van der Waals surface area contributed by atoms with Gasteiger partial charge in [0, 0.05) is 0 Å². The van der Waals surface area contributed by atoms with E-state index in [1.165, 1.54) is 7.11 Å². The van der Waals surface area contributed by atoms with Crippen molar-refractivity contribution >= 4 is 5.97 Å². The fraction of sp³-hybridized carbons (Fsp3) is 0.500. The Labute approximate surface area is 49.8 Å². The molecule has 1 unspecified atom stereocenters. The lowest BCUT2D eigenvalue weighted by atomic mass is 10.1. The molecule has 2 nitrogen and oxygen atoms in total. The van der Waals surface area contributed by atoms with Crippen molar-refractivity contribution in [3.8, 4) is 0 Å². The summed E-state index contributed by atoms with van der Waals surface area (Å²) in [5.41, 5.74) is 0. The maximum Gasteiger partial charge on any atom is 0.308 e. The van der Waals surface area contributed by atoms with Gasteiger partial charge in [0.25, 0.3) is 0 Å². The standard InChI is InChI=1S/C6H10O2/c1-4-5(2)6(7)8-3/h5H,1-2,4H2,3H3. The van der Waals surface area contributed by atoms with Gasteiger partial charge >= 0.3 is 5.97 Å². The van der Waals surface area contributed by atoms with Gasteiger partial charge in [0.1, 0.15) is 0 Å². The summed E-state index contributed by atoms with van der Waals surface area (Å²) in [5.74, 6) is -0.597. The van der Waals surface area contributed by atoms with E-state index in [9.17, 15) is 4.79 Å². The van der Waals surface area contributed by atoms with Gasteiger partial charge in [-0.2, -0.15) is 0 Å². The van der Waals surface area contributed by atoms with E-state index < -0.39 is 0 Å². The molecule has 0 amide bonds. The van der Waals surface area contributed by atoms with Crippen LogP contribution < -0.4 is 0 Å². The maximum atomic E-state index is 10.4. The Balaban J connectivity index is 3.46. The van der Waals surface area contributed by atoms with Crippen molar-refractivity contribution in [2.45, 2.75) is 6.42 Å². The lowest BCUT2D eigenvalue weighted by Crippen LogP contribution is -2.11. The molecule has 2 radical (unpaired) electrons. The highest BCUT2D eigenvalue weighted by atomic mass is 16.5. The topological polar surface area (TPSA) is 26.3 Å². The molecule has 0 N–H and O–H groups in total. The van der Waals surface area contributed by atoms with Crippen molar-refractivity contribution in [3.05, 3.63) is 13.8 Å². The number of hydrogen-bond donors (Lipinski definition) is 0. The van der Waals surface area contributed by atoms with Crippen LogP contribution >= 0.6 is 0 Å². The third-order valence-corrected chi connectivity index (χ3v) is 0.883. The minimum Gasteiger partial charge on any atom is -0.469 e. The van der Waals surface area contributed by atoms with E-state index in [4.69, 9.17) is 0 Å². The molecule has 1 atom stereocenters. The molecule has 8 heavy (non-hydrogen) atoms. The van der Waals surface area contributed by atoms with E-state index in [0.717, 1.165) is 0 Å². The van der Waals surface area contributed by atoms with Crippen molar-refractivity contribution in [1.82, 2.24) is 0 Å². The zero-order valence-corrected chi connectivity index (χ0v) is 5.02. The second-order valence-electron chi connectivity index (χ2n) is 1.51. The van der Waals surface area contributed by atoms with Crippen molar-refractivity contribution < 1.29 is 9.53 Å². The molecule has 0 bridgehead atoms. The van der Waals surface area contributed by atoms with Crippen LogP contribution in [-0.2, 0) is 9.53 Å². The average molecular weight is 114 g/mol.